The minimum atomic E-state index is -4.64. The number of hydrogen-bond donors (Lipinski definition) is 1. The Morgan fingerprint density at radius 2 is 1.68 bits per heavy atom. The molecule has 1 aliphatic rings. The van der Waals surface area contributed by atoms with Gasteiger partial charge in [0.15, 0.2) is 0 Å². The van der Waals surface area contributed by atoms with E-state index in [1.54, 1.807) is 0 Å². The second kappa shape index (κ2) is 6.47. The van der Waals surface area contributed by atoms with E-state index in [1.807, 2.05) is 11.9 Å². The average molecular weight is 355 g/mol. The van der Waals surface area contributed by atoms with Crippen LogP contribution in [0.15, 0.2) is 24.3 Å². The molecule has 1 saturated heterocycles. The van der Waals surface area contributed by atoms with E-state index >= 15 is 0 Å². The number of aromatic nitrogens is 2. The first-order chi connectivity index (χ1) is 11.7. The van der Waals surface area contributed by atoms with Crippen LogP contribution in [-0.2, 0) is 6.18 Å². The van der Waals surface area contributed by atoms with Gasteiger partial charge in [0.25, 0.3) is 0 Å². The first-order valence-electron chi connectivity index (χ1n) is 7.68. The first-order valence-corrected chi connectivity index (χ1v) is 7.68. The molecule has 0 atom stereocenters. The number of anilines is 2. The van der Waals surface area contributed by atoms with Crippen LogP contribution < -0.4 is 10.6 Å². The minimum Gasteiger partial charge on any atom is -0.368 e. The summed E-state index contributed by atoms with van der Waals surface area (Å²) in [6.45, 7) is 3.08. The molecule has 0 bridgehead atoms. The summed E-state index contributed by atoms with van der Waals surface area (Å²) in [5.74, 6) is -0.527. The van der Waals surface area contributed by atoms with Crippen LogP contribution in [-0.4, -0.2) is 48.1 Å². The summed E-state index contributed by atoms with van der Waals surface area (Å²) in [5.41, 5.74) is 4.82. The van der Waals surface area contributed by atoms with Gasteiger partial charge in [0.1, 0.15) is 11.6 Å². The zero-order chi connectivity index (χ0) is 18.2. The Bertz CT molecular complexity index is 770. The fraction of sp³-hybridized carbons (Fsp3) is 0.375. The average Bonchev–Trinajstić information content (AvgIpc) is 2.53. The van der Waals surface area contributed by atoms with Crippen LogP contribution in [0.2, 0.25) is 0 Å². The van der Waals surface area contributed by atoms with Crippen molar-refractivity contribution in [3.05, 3.63) is 35.6 Å². The molecule has 25 heavy (non-hydrogen) atoms. The molecular formula is C16H17F4N5. The van der Waals surface area contributed by atoms with Gasteiger partial charge in [-0.25, -0.2) is 9.37 Å². The number of nitrogen functional groups attached to an aromatic ring is 1. The van der Waals surface area contributed by atoms with E-state index in [2.05, 4.69) is 14.9 Å². The zero-order valence-corrected chi connectivity index (χ0v) is 13.5. The van der Waals surface area contributed by atoms with Crippen molar-refractivity contribution in [2.75, 3.05) is 43.9 Å². The van der Waals surface area contributed by atoms with Gasteiger partial charge in [-0.2, -0.15) is 18.2 Å². The number of likely N-dealkylation sites (N-methyl/N-ethyl adjacent to an activating group) is 1. The van der Waals surface area contributed by atoms with E-state index < -0.39 is 17.6 Å². The summed E-state index contributed by atoms with van der Waals surface area (Å²) in [6, 6.07) is 3.86. The van der Waals surface area contributed by atoms with Gasteiger partial charge in [0.05, 0.1) is 11.3 Å². The first kappa shape index (κ1) is 17.4. The smallest absolute Gasteiger partial charge is 0.368 e. The van der Waals surface area contributed by atoms with Crippen LogP contribution in [0.5, 0.6) is 0 Å². The van der Waals surface area contributed by atoms with Crippen LogP contribution in [0.25, 0.3) is 11.3 Å². The molecule has 0 unspecified atom stereocenters. The van der Waals surface area contributed by atoms with Gasteiger partial charge >= 0.3 is 6.18 Å². The molecule has 3 rings (SSSR count). The van der Waals surface area contributed by atoms with Gasteiger partial charge in [0.2, 0.25) is 5.95 Å². The third kappa shape index (κ3) is 3.98. The molecule has 0 radical (unpaired) electrons. The van der Waals surface area contributed by atoms with Crippen molar-refractivity contribution in [3.8, 4) is 11.3 Å². The van der Waals surface area contributed by atoms with Gasteiger partial charge in [0, 0.05) is 37.8 Å². The van der Waals surface area contributed by atoms with Crippen molar-refractivity contribution in [2.45, 2.75) is 6.18 Å². The maximum atomic E-state index is 13.7. The Morgan fingerprint density at radius 1 is 1.00 bits per heavy atom. The highest BCUT2D eigenvalue weighted by Gasteiger charge is 2.31. The Balaban J connectivity index is 1.99. The summed E-state index contributed by atoms with van der Waals surface area (Å²) >= 11 is 0. The van der Waals surface area contributed by atoms with Gasteiger partial charge in [-0.15, -0.1) is 0 Å². The number of nitrogens with two attached hydrogens (primary N) is 1. The highest BCUT2D eigenvalue weighted by Crippen LogP contribution is 2.33. The topological polar surface area (TPSA) is 58.3 Å². The van der Waals surface area contributed by atoms with E-state index in [9.17, 15) is 17.6 Å². The van der Waals surface area contributed by atoms with Gasteiger partial charge in [-0.3, -0.25) is 0 Å². The highest BCUT2D eigenvalue weighted by molar-refractivity contribution is 5.65. The molecule has 2 N–H and O–H groups in total. The predicted octanol–water partition coefficient (Wildman–Crippen LogP) is 2.64. The number of rotatable bonds is 2. The quantitative estimate of drug-likeness (QED) is 0.840. The molecule has 0 aliphatic carbocycles. The van der Waals surface area contributed by atoms with Crippen LogP contribution in [0.4, 0.5) is 29.3 Å². The van der Waals surface area contributed by atoms with Crippen molar-refractivity contribution in [3.63, 3.8) is 0 Å². The van der Waals surface area contributed by atoms with Gasteiger partial charge in [-0.05, 0) is 25.2 Å². The fourth-order valence-corrected chi connectivity index (χ4v) is 2.70. The maximum Gasteiger partial charge on any atom is 0.416 e. The number of hydrogen-bond acceptors (Lipinski definition) is 5. The maximum absolute atomic E-state index is 13.7. The highest BCUT2D eigenvalue weighted by atomic mass is 19.4. The lowest BCUT2D eigenvalue weighted by molar-refractivity contribution is -0.137. The number of benzene rings is 1. The van der Waals surface area contributed by atoms with Gasteiger partial charge in [-0.1, -0.05) is 0 Å². The molecule has 2 heterocycles. The standard InChI is InChI=1S/C16H17F4N5/c1-24-2-4-25(5-3-24)14-9-13(22-15(21)23-14)10-6-11(16(18,19)20)8-12(17)7-10/h6-9H,2-5H2,1H3,(H2,21,22,23). The molecule has 0 spiro atoms. The summed E-state index contributed by atoms with van der Waals surface area (Å²) in [7, 11) is 2.00. The summed E-state index contributed by atoms with van der Waals surface area (Å²) in [5, 5.41) is 0. The molecule has 134 valence electrons. The fourth-order valence-electron chi connectivity index (χ4n) is 2.70. The molecule has 2 aromatic rings. The lowest BCUT2D eigenvalue weighted by atomic mass is 10.1. The third-order valence-corrected chi connectivity index (χ3v) is 4.08. The second-order valence-corrected chi connectivity index (χ2v) is 5.99. The van der Waals surface area contributed by atoms with Crippen molar-refractivity contribution in [1.29, 1.82) is 0 Å². The summed E-state index contributed by atoms with van der Waals surface area (Å²) in [6.07, 6.45) is -4.64. The number of halogens is 4. The van der Waals surface area contributed by atoms with Gasteiger partial charge < -0.3 is 15.5 Å². The molecular weight excluding hydrogens is 338 g/mol. The largest absolute Gasteiger partial charge is 0.416 e. The van der Waals surface area contributed by atoms with E-state index in [4.69, 9.17) is 5.73 Å². The Hall–Kier alpha value is -2.42. The van der Waals surface area contributed by atoms with E-state index in [0.717, 1.165) is 25.2 Å². The van der Waals surface area contributed by atoms with Crippen LogP contribution in [0.3, 0.4) is 0 Å². The molecule has 0 amide bonds. The van der Waals surface area contributed by atoms with E-state index in [-0.39, 0.29) is 17.2 Å². The minimum absolute atomic E-state index is 0.0109. The van der Waals surface area contributed by atoms with E-state index in [0.29, 0.717) is 25.0 Å². The number of nitrogens with zero attached hydrogens (tertiary/aromatic N) is 4. The molecule has 1 aromatic heterocycles. The zero-order valence-electron chi connectivity index (χ0n) is 13.5. The Morgan fingerprint density at radius 3 is 2.32 bits per heavy atom. The normalized spacial score (nSPS) is 16.3. The SMILES string of the molecule is CN1CCN(c2cc(-c3cc(F)cc(C(F)(F)F)c3)nc(N)n2)CC1. The summed E-state index contributed by atoms with van der Waals surface area (Å²) < 4.78 is 52.4. The van der Waals surface area contributed by atoms with Crippen LogP contribution >= 0.6 is 0 Å². The Labute approximate surface area is 142 Å². The molecule has 9 heteroatoms. The second-order valence-electron chi connectivity index (χ2n) is 5.99. The summed E-state index contributed by atoms with van der Waals surface area (Å²) in [4.78, 5) is 12.3. The third-order valence-electron chi connectivity index (χ3n) is 4.08. The van der Waals surface area contributed by atoms with Crippen molar-refractivity contribution < 1.29 is 17.6 Å². The lowest BCUT2D eigenvalue weighted by Gasteiger charge is -2.33. The lowest BCUT2D eigenvalue weighted by Crippen LogP contribution is -2.44. The molecule has 1 aliphatic heterocycles. The number of alkyl halides is 3. The van der Waals surface area contributed by atoms with E-state index in [1.165, 1.54) is 6.07 Å². The van der Waals surface area contributed by atoms with Crippen LogP contribution in [0, 0.1) is 5.82 Å². The van der Waals surface area contributed by atoms with Crippen molar-refractivity contribution >= 4 is 11.8 Å². The predicted molar refractivity (Wildman–Crippen MR) is 86.6 cm³/mol. The monoisotopic (exact) mass is 355 g/mol. The van der Waals surface area contributed by atoms with Crippen LogP contribution in [0.1, 0.15) is 5.56 Å². The number of piperazine rings is 1. The van der Waals surface area contributed by atoms with Crippen molar-refractivity contribution in [1.82, 2.24) is 14.9 Å². The molecule has 1 fully saturated rings. The molecule has 5 nitrogen and oxygen atoms in total. The molecule has 0 saturated carbocycles. The van der Waals surface area contributed by atoms with Crippen molar-refractivity contribution in [2.24, 2.45) is 0 Å². The Kier molecular flexibility index (Phi) is 4.51. The molecule has 1 aromatic carbocycles.